The van der Waals surface area contributed by atoms with Crippen LogP contribution in [-0.2, 0) is 6.54 Å². The number of aliphatic hydroxyl groups excluding tert-OH is 1. The zero-order valence-corrected chi connectivity index (χ0v) is 9.89. The summed E-state index contributed by atoms with van der Waals surface area (Å²) >= 11 is 0. The Bertz CT molecular complexity index is 338. The first-order chi connectivity index (χ1) is 7.69. The van der Waals surface area contributed by atoms with Gasteiger partial charge in [0.2, 0.25) is 11.8 Å². The Kier molecular flexibility index (Phi) is 3.56. The van der Waals surface area contributed by atoms with Gasteiger partial charge in [-0.3, -0.25) is 4.90 Å². The van der Waals surface area contributed by atoms with Gasteiger partial charge in [-0.2, -0.15) is 0 Å². The maximum atomic E-state index is 9.05. The van der Waals surface area contributed by atoms with E-state index in [4.69, 9.17) is 9.52 Å². The quantitative estimate of drug-likeness (QED) is 0.828. The van der Waals surface area contributed by atoms with Gasteiger partial charge in [-0.15, -0.1) is 10.2 Å². The van der Waals surface area contributed by atoms with Gasteiger partial charge >= 0.3 is 0 Å². The molecule has 0 spiro atoms. The summed E-state index contributed by atoms with van der Waals surface area (Å²) < 4.78 is 5.55. The van der Waals surface area contributed by atoms with Gasteiger partial charge in [0, 0.05) is 19.1 Å². The lowest BCUT2D eigenvalue weighted by Crippen LogP contribution is -2.21. The van der Waals surface area contributed by atoms with E-state index in [1.807, 2.05) is 13.8 Å². The molecular weight excluding hydrogens is 206 g/mol. The molecule has 0 saturated carbocycles. The molecule has 5 heteroatoms. The third-order valence-electron chi connectivity index (χ3n) is 2.96. The third kappa shape index (κ3) is 2.59. The third-order valence-corrected chi connectivity index (χ3v) is 2.96. The van der Waals surface area contributed by atoms with Crippen molar-refractivity contribution in [2.75, 3.05) is 19.7 Å². The second-order valence-corrected chi connectivity index (χ2v) is 4.76. The van der Waals surface area contributed by atoms with Gasteiger partial charge in [-0.1, -0.05) is 13.8 Å². The molecule has 16 heavy (non-hydrogen) atoms. The highest BCUT2D eigenvalue weighted by atomic mass is 16.4. The molecule has 0 radical (unpaired) electrons. The number of likely N-dealkylation sites (tertiary alicyclic amines) is 1. The van der Waals surface area contributed by atoms with Crippen LogP contribution in [0.25, 0.3) is 0 Å². The first-order valence-corrected chi connectivity index (χ1v) is 5.84. The largest absolute Gasteiger partial charge is 0.424 e. The predicted molar refractivity (Wildman–Crippen MR) is 58.9 cm³/mol. The van der Waals surface area contributed by atoms with Crippen LogP contribution in [0.15, 0.2) is 4.42 Å². The standard InChI is InChI=1S/C11H19N3O2/c1-8(2)11-13-12-10(16-11)6-14-4-3-9(5-14)7-15/h8-9,15H,3-7H2,1-2H3. The van der Waals surface area contributed by atoms with Crippen molar-refractivity contribution in [1.29, 1.82) is 0 Å². The Hall–Kier alpha value is -0.940. The molecule has 1 aromatic heterocycles. The molecule has 0 aliphatic carbocycles. The van der Waals surface area contributed by atoms with Crippen molar-refractivity contribution in [1.82, 2.24) is 15.1 Å². The molecule has 1 aromatic rings. The molecule has 1 saturated heterocycles. The summed E-state index contributed by atoms with van der Waals surface area (Å²) in [6, 6.07) is 0. The number of rotatable bonds is 4. The first-order valence-electron chi connectivity index (χ1n) is 5.84. The van der Waals surface area contributed by atoms with E-state index < -0.39 is 0 Å². The first kappa shape index (κ1) is 11.5. The average Bonchev–Trinajstić information content (AvgIpc) is 2.87. The smallest absolute Gasteiger partial charge is 0.230 e. The van der Waals surface area contributed by atoms with E-state index in [0.29, 0.717) is 24.2 Å². The summed E-state index contributed by atoms with van der Waals surface area (Å²) in [5.74, 6) is 2.08. The van der Waals surface area contributed by atoms with Gasteiger partial charge < -0.3 is 9.52 Å². The van der Waals surface area contributed by atoms with E-state index in [0.717, 1.165) is 19.5 Å². The summed E-state index contributed by atoms with van der Waals surface area (Å²) in [5, 5.41) is 17.1. The molecular formula is C11H19N3O2. The summed E-state index contributed by atoms with van der Waals surface area (Å²) in [5.41, 5.74) is 0. The highest BCUT2D eigenvalue weighted by molar-refractivity contribution is 4.88. The number of aromatic nitrogens is 2. The van der Waals surface area contributed by atoms with Crippen molar-refractivity contribution in [3.05, 3.63) is 11.8 Å². The van der Waals surface area contributed by atoms with E-state index in [2.05, 4.69) is 15.1 Å². The number of aliphatic hydroxyl groups is 1. The topological polar surface area (TPSA) is 62.4 Å². The van der Waals surface area contributed by atoms with Crippen LogP contribution in [0.4, 0.5) is 0 Å². The van der Waals surface area contributed by atoms with Crippen LogP contribution in [0.3, 0.4) is 0 Å². The summed E-state index contributed by atoms with van der Waals surface area (Å²) in [7, 11) is 0. The Morgan fingerprint density at radius 1 is 1.50 bits per heavy atom. The molecule has 2 rings (SSSR count). The second kappa shape index (κ2) is 4.93. The molecule has 0 aromatic carbocycles. The summed E-state index contributed by atoms with van der Waals surface area (Å²) in [6.07, 6.45) is 1.06. The van der Waals surface area contributed by atoms with Crippen molar-refractivity contribution in [3.8, 4) is 0 Å². The SMILES string of the molecule is CC(C)c1nnc(CN2CCC(CO)C2)o1. The average molecular weight is 225 g/mol. The van der Waals surface area contributed by atoms with Crippen molar-refractivity contribution < 1.29 is 9.52 Å². The minimum Gasteiger partial charge on any atom is -0.424 e. The molecule has 1 aliphatic heterocycles. The second-order valence-electron chi connectivity index (χ2n) is 4.76. The van der Waals surface area contributed by atoms with Gasteiger partial charge in [0.25, 0.3) is 0 Å². The zero-order valence-electron chi connectivity index (χ0n) is 9.89. The Morgan fingerprint density at radius 3 is 2.88 bits per heavy atom. The highest BCUT2D eigenvalue weighted by Crippen LogP contribution is 2.19. The molecule has 1 fully saturated rings. The van der Waals surface area contributed by atoms with E-state index in [9.17, 15) is 0 Å². The van der Waals surface area contributed by atoms with Crippen LogP contribution in [0.2, 0.25) is 0 Å². The molecule has 5 nitrogen and oxygen atoms in total. The van der Waals surface area contributed by atoms with Crippen molar-refractivity contribution >= 4 is 0 Å². The Labute approximate surface area is 95.5 Å². The van der Waals surface area contributed by atoms with Crippen LogP contribution in [0.5, 0.6) is 0 Å². The lowest BCUT2D eigenvalue weighted by molar-refractivity contribution is 0.214. The van der Waals surface area contributed by atoms with Gasteiger partial charge in [-0.05, 0) is 18.9 Å². The van der Waals surface area contributed by atoms with Gasteiger partial charge in [0.05, 0.1) is 6.54 Å². The van der Waals surface area contributed by atoms with Gasteiger partial charge in [-0.25, -0.2) is 0 Å². The van der Waals surface area contributed by atoms with Crippen molar-refractivity contribution in [2.45, 2.75) is 32.7 Å². The minimum atomic E-state index is 0.275. The van der Waals surface area contributed by atoms with E-state index in [-0.39, 0.29) is 12.5 Å². The van der Waals surface area contributed by atoms with Gasteiger partial charge in [0.15, 0.2) is 0 Å². The molecule has 90 valence electrons. The normalized spacial score (nSPS) is 22.1. The van der Waals surface area contributed by atoms with Crippen LogP contribution in [0, 0.1) is 5.92 Å². The van der Waals surface area contributed by atoms with Crippen LogP contribution in [-0.4, -0.2) is 39.9 Å². The van der Waals surface area contributed by atoms with Gasteiger partial charge in [0.1, 0.15) is 0 Å². The lowest BCUT2D eigenvalue weighted by Gasteiger charge is -2.12. The van der Waals surface area contributed by atoms with Crippen LogP contribution >= 0.6 is 0 Å². The summed E-state index contributed by atoms with van der Waals surface area (Å²) in [4.78, 5) is 2.25. The molecule has 1 atom stereocenters. The van der Waals surface area contributed by atoms with Crippen molar-refractivity contribution in [2.24, 2.45) is 5.92 Å². The Morgan fingerprint density at radius 2 is 2.31 bits per heavy atom. The summed E-state index contributed by atoms with van der Waals surface area (Å²) in [6.45, 7) is 6.98. The fraction of sp³-hybridized carbons (Fsp3) is 0.818. The monoisotopic (exact) mass is 225 g/mol. The highest BCUT2D eigenvalue weighted by Gasteiger charge is 2.23. The maximum Gasteiger partial charge on any atom is 0.230 e. The number of hydrogen-bond acceptors (Lipinski definition) is 5. The lowest BCUT2D eigenvalue weighted by atomic mass is 10.1. The number of hydrogen-bond donors (Lipinski definition) is 1. The molecule has 2 heterocycles. The van der Waals surface area contributed by atoms with E-state index in [1.165, 1.54) is 0 Å². The maximum absolute atomic E-state index is 9.05. The number of nitrogens with zero attached hydrogens (tertiary/aromatic N) is 3. The molecule has 0 bridgehead atoms. The molecule has 1 unspecified atom stereocenters. The predicted octanol–water partition coefficient (Wildman–Crippen LogP) is 1.01. The zero-order chi connectivity index (χ0) is 11.5. The Balaban J connectivity index is 1.89. The molecule has 1 N–H and O–H groups in total. The minimum absolute atomic E-state index is 0.275. The van der Waals surface area contributed by atoms with E-state index in [1.54, 1.807) is 0 Å². The molecule has 1 aliphatic rings. The fourth-order valence-electron chi connectivity index (χ4n) is 1.96. The molecule has 0 amide bonds. The van der Waals surface area contributed by atoms with Crippen LogP contribution < -0.4 is 0 Å². The van der Waals surface area contributed by atoms with E-state index >= 15 is 0 Å². The van der Waals surface area contributed by atoms with Crippen molar-refractivity contribution in [3.63, 3.8) is 0 Å². The van der Waals surface area contributed by atoms with Crippen LogP contribution in [0.1, 0.15) is 38.0 Å². The fourth-order valence-corrected chi connectivity index (χ4v) is 1.96.